The molecule has 0 radical (unpaired) electrons. The summed E-state index contributed by atoms with van der Waals surface area (Å²) < 4.78 is 0. The molecule has 0 spiro atoms. The molecule has 0 saturated carbocycles. The van der Waals surface area contributed by atoms with Gasteiger partial charge in [0.15, 0.2) is 6.10 Å². The van der Waals surface area contributed by atoms with Crippen LogP contribution in [0.1, 0.15) is 20.3 Å². The zero-order valence-electron chi connectivity index (χ0n) is 9.51. The fraction of sp³-hybridized carbons (Fsp3) is 0.455. The van der Waals surface area contributed by atoms with Crippen molar-refractivity contribution in [2.75, 3.05) is 5.32 Å². The minimum absolute atomic E-state index is 0.234. The molecule has 0 aliphatic rings. The van der Waals surface area contributed by atoms with Crippen LogP contribution >= 0.6 is 0 Å². The first-order valence-electron chi connectivity index (χ1n) is 5.20. The number of nitrogens with one attached hydrogen (secondary N) is 1. The van der Waals surface area contributed by atoms with Crippen molar-refractivity contribution in [2.45, 2.75) is 26.4 Å². The number of nitrogens with zero attached hydrogens (tertiary/aromatic N) is 1. The minimum atomic E-state index is -0.617. The lowest BCUT2D eigenvalue weighted by Crippen LogP contribution is -2.33. The second kappa shape index (κ2) is 6.19. The van der Waals surface area contributed by atoms with Crippen LogP contribution in [0.3, 0.4) is 0 Å². The van der Waals surface area contributed by atoms with E-state index >= 15 is 0 Å². The molecule has 1 heterocycles. The highest BCUT2D eigenvalue weighted by Crippen LogP contribution is 2.10. The van der Waals surface area contributed by atoms with Gasteiger partial charge < -0.3 is 5.32 Å². The summed E-state index contributed by atoms with van der Waals surface area (Å²) in [5, 5.41) is 2.71. The first kappa shape index (κ1) is 12.6. The number of amides is 1. The van der Waals surface area contributed by atoms with Crippen molar-refractivity contribution >= 4 is 11.6 Å². The minimum Gasteiger partial charge on any atom is -0.324 e. The molecule has 1 unspecified atom stereocenters. The molecule has 0 aliphatic carbocycles. The molecular formula is C11H17N3O2. The van der Waals surface area contributed by atoms with E-state index in [0.717, 1.165) is 0 Å². The molecule has 1 aromatic heterocycles. The molecule has 3 N–H and O–H groups in total. The van der Waals surface area contributed by atoms with Gasteiger partial charge in [0.25, 0.3) is 5.91 Å². The fourth-order valence-corrected chi connectivity index (χ4v) is 1.31. The van der Waals surface area contributed by atoms with Gasteiger partial charge in [-0.2, -0.15) is 0 Å². The van der Waals surface area contributed by atoms with Gasteiger partial charge in [0, 0.05) is 18.1 Å². The van der Waals surface area contributed by atoms with Crippen molar-refractivity contribution in [3.05, 3.63) is 24.5 Å². The molecule has 1 rings (SSSR count). The first-order valence-corrected chi connectivity index (χ1v) is 5.20. The van der Waals surface area contributed by atoms with E-state index in [1.54, 1.807) is 24.5 Å². The smallest absolute Gasteiger partial charge is 0.255 e. The van der Waals surface area contributed by atoms with Gasteiger partial charge in [-0.25, -0.2) is 5.90 Å². The fourth-order valence-electron chi connectivity index (χ4n) is 1.31. The molecule has 5 nitrogen and oxygen atoms in total. The van der Waals surface area contributed by atoms with Crippen LogP contribution in [0.15, 0.2) is 24.5 Å². The maximum atomic E-state index is 11.7. The summed E-state index contributed by atoms with van der Waals surface area (Å²) in [4.78, 5) is 20.3. The molecule has 0 aromatic carbocycles. The average Bonchev–Trinajstić information content (AvgIpc) is 2.26. The molecule has 1 aromatic rings. The maximum absolute atomic E-state index is 11.7. The van der Waals surface area contributed by atoms with Gasteiger partial charge in [-0.3, -0.25) is 14.6 Å². The predicted molar refractivity (Wildman–Crippen MR) is 61.4 cm³/mol. The Morgan fingerprint density at radius 1 is 1.50 bits per heavy atom. The van der Waals surface area contributed by atoms with Gasteiger partial charge in [-0.15, -0.1) is 0 Å². The highest BCUT2D eigenvalue weighted by atomic mass is 16.6. The van der Waals surface area contributed by atoms with Crippen LogP contribution in [-0.2, 0) is 9.63 Å². The quantitative estimate of drug-likeness (QED) is 0.738. The van der Waals surface area contributed by atoms with E-state index in [1.165, 1.54) is 0 Å². The van der Waals surface area contributed by atoms with Crippen LogP contribution in [0, 0.1) is 5.92 Å². The van der Waals surface area contributed by atoms with Gasteiger partial charge in [-0.1, -0.05) is 13.8 Å². The van der Waals surface area contributed by atoms with Crippen molar-refractivity contribution in [2.24, 2.45) is 11.8 Å². The van der Waals surface area contributed by atoms with Crippen molar-refractivity contribution in [1.82, 2.24) is 4.98 Å². The third kappa shape index (κ3) is 3.96. The lowest BCUT2D eigenvalue weighted by molar-refractivity contribution is -0.128. The van der Waals surface area contributed by atoms with E-state index in [9.17, 15) is 4.79 Å². The summed E-state index contributed by atoms with van der Waals surface area (Å²) in [7, 11) is 0. The Morgan fingerprint density at radius 3 is 2.62 bits per heavy atom. The van der Waals surface area contributed by atoms with Crippen LogP contribution in [0.4, 0.5) is 5.69 Å². The Labute approximate surface area is 95.0 Å². The van der Waals surface area contributed by atoms with Crippen LogP contribution in [0.25, 0.3) is 0 Å². The van der Waals surface area contributed by atoms with E-state index in [0.29, 0.717) is 18.0 Å². The van der Waals surface area contributed by atoms with E-state index in [1.807, 2.05) is 13.8 Å². The van der Waals surface area contributed by atoms with Crippen molar-refractivity contribution in [3.8, 4) is 0 Å². The molecule has 0 fully saturated rings. The van der Waals surface area contributed by atoms with Gasteiger partial charge in [0.1, 0.15) is 0 Å². The molecule has 16 heavy (non-hydrogen) atoms. The number of nitrogens with two attached hydrogens (primary N) is 1. The Morgan fingerprint density at radius 2 is 2.12 bits per heavy atom. The second-order valence-electron chi connectivity index (χ2n) is 3.98. The third-order valence-electron chi connectivity index (χ3n) is 2.09. The second-order valence-corrected chi connectivity index (χ2v) is 3.98. The summed E-state index contributed by atoms with van der Waals surface area (Å²) in [5.41, 5.74) is 0.686. The zero-order valence-corrected chi connectivity index (χ0v) is 9.51. The number of aromatic nitrogens is 1. The van der Waals surface area contributed by atoms with Crippen LogP contribution in [0.2, 0.25) is 0 Å². The summed E-state index contributed by atoms with van der Waals surface area (Å²) >= 11 is 0. The average molecular weight is 223 g/mol. The van der Waals surface area contributed by atoms with E-state index < -0.39 is 6.10 Å². The number of hydrogen-bond donors (Lipinski definition) is 2. The highest BCUT2D eigenvalue weighted by molar-refractivity contribution is 5.94. The molecule has 0 aliphatic heterocycles. The summed E-state index contributed by atoms with van der Waals surface area (Å²) in [6.45, 7) is 4.01. The predicted octanol–water partition coefficient (Wildman–Crippen LogP) is 1.33. The maximum Gasteiger partial charge on any atom is 0.255 e. The topological polar surface area (TPSA) is 77.2 Å². The van der Waals surface area contributed by atoms with Crippen LogP contribution in [0.5, 0.6) is 0 Å². The highest BCUT2D eigenvalue weighted by Gasteiger charge is 2.19. The number of pyridine rings is 1. The number of carbonyl (C=O) groups excluding carboxylic acids is 1. The zero-order chi connectivity index (χ0) is 12.0. The molecule has 0 bridgehead atoms. The Kier molecular flexibility index (Phi) is 4.88. The Bertz CT molecular complexity index is 327. The number of carbonyl (C=O) groups is 1. The standard InChI is InChI=1S/C11H17N3O2/c1-8(2)7-10(16-12)11(15)14-9-3-5-13-6-4-9/h3-6,8,10H,7,12H2,1-2H3,(H,13,14,15). The summed E-state index contributed by atoms with van der Waals surface area (Å²) in [6, 6.07) is 3.42. The normalized spacial score (nSPS) is 12.5. The molecule has 1 amide bonds. The SMILES string of the molecule is CC(C)CC(ON)C(=O)Nc1ccncc1. The van der Waals surface area contributed by atoms with E-state index in [-0.39, 0.29) is 5.91 Å². The van der Waals surface area contributed by atoms with Crippen molar-refractivity contribution in [1.29, 1.82) is 0 Å². The lowest BCUT2D eigenvalue weighted by atomic mass is 10.1. The molecule has 5 heteroatoms. The van der Waals surface area contributed by atoms with Gasteiger partial charge in [-0.05, 0) is 24.5 Å². The van der Waals surface area contributed by atoms with Gasteiger partial charge in [0.2, 0.25) is 0 Å². The van der Waals surface area contributed by atoms with E-state index in [2.05, 4.69) is 15.1 Å². The van der Waals surface area contributed by atoms with Crippen molar-refractivity contribution in [3.63, 3.8) is 0 Å². The summed E-state index contributed by atoms with van der Waals surface area (Å²) in [6.07, 6.45) is 3.19. The molecular weight excluding hydrogens is 206 g/mol. The van der Waals surface area contributed by atoms with Gasteiger partial charge in [0.05, 0.1) is 0 Å². The number of anilines is 1. The first-order chi connectivity index (χ1) is 7.63. The van der Waals surface area contributed by atoms with Crippen LogP contribution in [-0.4, -0.2) is 17.0 Å². The number of rotatable bonds is 5. The summed E-state index contributed by atoms with van der Waals surface area (Å²) in [5.74, 6) is 5.21. The largest absolute Gasteiger partial charge is 0.324 e. The van der Waals surface area contributed by atoms with E-state index in [4.69, 9.17) is 5.90 Å². The van der Waals surface area contributed by atoms with Gasteiger partial charge >= 0.3 is 0 Å². The van der Waals surface area contributed by atoms with Crippen molar-refractivity contribution < 1.29 is 9.63 Å². The van der Waals surface area contributed by atoms with Crippen LogP contribution < -0.4 is 11.2 Å². The number of hydrogen-bond acceptors (Lipinski definition) is 4. The third-order valence-corrected chi connectivity index (χ3v) is 2.09. The Balaban J connectivity index is 2.56. The lowest BCUT2D eigenvalue weighted by Gasteiger charge is -2.16. The molecule has 0 saturated heterocycles. The Hall–Kier alpha value is -1.46. The molecule has 1 atom stereocenters. The monoisotopic (exact) mass is 223 g/mol. The molecule has 88 valence electrons.